The molecule has 5 aliphatic heterocycles. The standard InChI is InChI=1S/C28H46N10O5.C25H40N10O5.C23H39N9O6/c1-6-30-26(41)22-20(39)21(40)28(43-22)38-15-34-19-23(29-5)35-24(36-25(19)38)27(42)33-10-9-31-17(4)32-11-14-37-12-7-18(8-13-37)16(2)3;1-4-27-23(38)19-17(36)18(37)25(40-19)35-14-31-16-20(26-3)32-21(33-22(16)35)24(39)30-9-8-28-15(2)29-10-13-34-11-6-5-7-12-34;1-12(2)31(13(3)4)9-8-27-23(37)26-7-6-25-21(36)19-29-18(24-5)15-20(30-19)32(11-28-15)22-17(35)16(34)14(10-33)38-22/h15-16,18,20-22,28,31-32,39-40H,4,6-14H2,1-3,5H3,(H,30,41)(H,33,42)(H,29,35,36);14,17-19,25,28-29,36-37H,2,4-13H2,1,3H3,(H,27,38)(H,30,39)(H,26,32,33);11-14,16-17,22,33-35H,6-10H2,1-5H3,(H,25,36)(H,24,29,30)(H2,26,27,37)/t20-,21+,22-,28+;17-,18+,19-,25+;14-,16-,17-,22-/m001/s1. The molecule has 6 aromatic rings. The van der Waals surface area contributed by atoms with Crippen molar-refractivity contribution in [2.45, 2.75) is 173 Å². The first-order valence-electron chi connectivity index (χ1n) is 41.4. The molecule has 670 valence electrons. The minimum absolute atomic E-state index is 0.120. The van der Waals surface area contributed by atoms with Gasteiger partial charge in [-0.25, -0.2) is 49.7 Å². The summed E-state index contributed by atoms with van der Waals surface area (Å²) in [6.07, 6.45) is -4.91. The van der Waals surface area contributed by atoms with Crippen molar-refractivity contribution in [3.8, 4) is 0 Å². The molecule has 0 saturated carbocycles. The van der Waals surface area contributed by atoms with Crippen LogP contribution < -0.4 is 74.4 Å². The summed E-state index contributed by atoms with van der Waals surface area (Å²) in [7, 11) is 4.87. The normalized spacial score (nSPS) is 22.5. The number of aromatic nitrogens is 12. The molecule has 0 bridgehead atoms. The fourth-order valence-electron chi connectivity index (χ4n) is 14.7. The Morgan fingerprint density at radius 3 is 1.17 bits per heavy atom. The van der Waals surface area contributed by atoms with Crippen molar-refractivity contribution in [3.63, 3.8) is 0 Å². The summed E-state index contributed by atoms with van der Waals surface area (Å²) in [5.74, 6) is 0.736. The van der Waals surface area contributed by atoms with E-state index in [1.54, 1.807) is 35.0 Å². The molecule has 0 aromatic carbocycles. The number of aliphatic hydroxyl groups is 7. The average molecular weight is 1700 g/mol. The monoisotopic (exact) mass is 1700 g/mol. The first kappa shape index (κ1) is 94.7. The number of fused-ring (bicyclic) bond motifs is 3. The van der Waals surface area contributed by atoms with Gasteiger partial charge in [0.2, 0.25) is 17.5 Å². The van der Waals surface area contributed by atoms with Crippen molar-refractivity contribution < 1.29 is 78.7 Å². The van der Waals surface area contributed by atoms with Crippen molar-refractivity contribution in [2.75, 3.05) is 162 Å². The summed E-state index contributed by atoms with van der Waals surface area (Å²) >= 11 is 0. The predicted molar refractivity (Wildman–Crippen MR) is 447 cm³/mol. The van der Waals surface area contributed by atoms with Gasteiger partial charge in [-0.3, -0.25) is 42.6 Å². The molecule has 5 aliphatic rings. The Hall–Kier alpha value is -10.2. The maximum absolute atomic E-state index is 13.0. The van der Waals surface area contributed by atoms with Crippen LogP contribution in [0.5, 0.6) is 0 Å². The summed E-state index contributed by atoms with van der Waals surface area (Å²) in [6, 6.07) is 0.418. The molecule has 45 nitrogen and oxygen atoms in total. The van der Waals surface area contributed by atoms with Gasteiger partial charge in [-0.15, -0.1) is 0 Å². The van der Waals surface area contributed by atoms with Crippen LogP contribution in [0.25, 0.3) is 33.5 Å². The Kier molecular flexibility index (Phi) is 35.7. The second kappa shape index (κ2) is 45.6. The van der Waals surface area contributed by atoms with E-state index in [0.29, 0.717) is 97.7 Å². The molecule has 11 heterocycles. The number of nitrogens with zero attached hydrogens (tertiary/aromatic N) is 15. The summed E-state index contributed by atoms with van der Waals surface area (Å²) in [6.45, 7) is 35.8. The molecule has 7 amide bonds. The number of urea groups is 1. The van der Waals surface area contributed by atoms with E-state index in [0.717, 1.165) is 70.7 Å². The van der Waals surface area contributed by atoms with Gasteiger partial charge in [0.1, 0.15) is 42.7 Å². The number of carbonyl (C=O) groups is 6. The van der Waals surface area contributed by atoms with Crippen LogP contribution in [0, 0.1) is 11.8 Å². The van der Waals surface area contributed by atoms with Gasteiger partial charge in [0, 0.05) is 125 Å². The van der Waals surface area contributed by atoms with Crippen molar-refractivity contribution in [3.05, 3.63) is 61.3 Å². The number of ether oxygens (including phenoxy) is 3. The van der Waals surface area contributed by atoms with Crippen LogP contribution in [0.4, 0.5) is 22.2 Å². The highest BCUT2D eigenvalue weighted by atomic mass is 16.6. The second-order valence-electron chi connectivity index (χ2n) is 30.6. The number of likely N-dealkylation sites (tertiary alicyclic amines) is 2. The highest BCUT2D eigenvalue weighted by Gasteiger charge is 2.50. The van der Waals surface area contributed by atoms with E-state index in [9.17, 15) is 64.5 Å². The molecule has 0 radical (unpaired) electrons. The molecule has 0 unspecified atom stereocenters. The lowest BCUT2D eigenvalue weighted by atomic mass is 9.87. The SMILES string of the molecule is C=C(NCCNC(=O)c1nc(NC)c2ncn([C@@H]3O[C@H](C(=O)NCC)[C@@H](O)[C@H]3O)c2n1)NCCN1CCC(C(C)C)CC1.C=C(NCCNC(=O)c1nc(NC)c2ncn([C@@H]3O[C@H](C(=O)NCC)[C@@H](O)[C@H]3O)c2n1)NCCN1CCCCC1.CNc1nc(C(=O)NCCNC(=O)NCCN(C(C)C)C(C)C)nc2c1ncn2[C@@H]1O[C@H](CO)[C@@H](O)[C@H]1O. The van der Waals surface area contributed by atoms with Gasteiger partial charge in [0.25, 0.3) is 29.5 Å². The molecule has 5 saturated heterocycles. The number of aliphatic hydroxyl groups excluding tert-OH is 7. The van der Waals surface area contributed by atoms with Crippen LogP contribution in [0.2, 0.25) is 0 Å². The largest absolute Gasteiger partial charge is 0.394 e. The van der Waals surface area contributed by atoms with Crippen LogP contribution >= 0.6 is 0 Å². The molecule has 11 rings (SSSR count). The minimum atomic E-state index is -1.46. The van der Waals surface area contributed by atoms with Gasteiger partial charge in [-0.05, 0) is 105 Å². The number of amides is 7. The smallest absolute Gasteiger partial charge is 0.314 e. The van der Waals surface area contributed by atoms with Crippen LogP contribution in [-0.4, -0.2) is 357 Å². The average Bonchev–Trinajstić information content (AvgIpc) is 1.40. The van der Waals surface area contributed by atoms with E-state index in [2.05, 4.69) is 189 Å². The lowest BCUT2D eigenvalue weighted by Gasteiger charge is -2.33. The number of imidazole rings is 3. The Morgan fingerprint density at radius 1 is 0.455 bits per heavy atom. The first-order valence-corrected chi connectivity index (χ1v) is 41.4. The molecule has 12 atom stereocenters. The lowest BCUT2D eigenvalue weighted by molar-refractivity contribution is -0.138. The number of likely N-dealkylation sites (N-methyl/N-ethyl adjacent to an activating group) is 2. The number of carbonyl (C=O) groups excluding carboxylic acids is 6. The third kappa shape index (κ3) is 24.6. The van der Waals surface area contributed by atoms with Gasteiger partial charge in [0.15, 0.2) is 81.8 Å². The fourth-order valence-corrected chi connectivity index (χ4v) is 14.7. The van der Waals surface area contributed by atoms with Gasteiger partial charge in [-0.1, -0.05) is 33.4 Å². The molecule has 45 heteroatoms. The maximum Gasteiger partial charge on any atom is 0.314 e. The fraction of sp³-hybridized carbons (Fsp3) is 0.671. The van der Waals surface area contributed by atoms with Crippen molar-refractivity contribution in [1.29, 1.82) is 0 Å². The lowest BCUT2D eigenvalue weighted by Crippen LogP contribution is -2.45. The molecular weight excluding hydrogens is 1580 g/mol. The Bertz CT molecular complexity index is 4390. The Balaban J connectivity index is 0.000000207. The number of anilines is 3. The van der Waals surface area contributed by atoms with Crippen LogP contribution in [0.15, 0.2) is 43.8 Å². The molecule has 21 N–H and O–H groups in total. The third-order valence-corrected chi connectivity index (χ3v) is 21.4. The van der Waals surface area contributed by atoms with Crippen LogP contribution in [0.1, 0.15) is 138 Å². The zero-order valence-electron chi connectivity index (χ0n) is 70.9. The number of piperidine rings is 2. The summed E-state index contributed by atoms with van der Waals surface area (Å²) in [4.78, 5) is 121. The molecule has 121 heavy (non-hydrogen) atoms. The first-order chi connectivity index (χ1) is 58.1. The van der Waals surface area contributed by atoms with E-state index < -0.39 is 110 Å². The highest BCUT2D eigenvalue weighted by Crippen LogP contribution is 2.36. The van der Waals surface area contributed by atoms with Crippen molar-refractivity contribution in [1.82, 2.24) is 132 Å². The van der Waals surface area contributed by atoms with E-state index in [4.69, 9.17) is 14.2 Å². The van der Waals surface area contributed by atoms with Gasteiger partial charge in [0.05, 0.1) is 37.2 Å². The molecule has 0 aliphatic carbocycles. The number of nitrogens with one attached hydrogen (secondary N) is 14. The molecular formula is C76H125N29O16. The van der Waals surface area contributed by atoms with E-state index in [1.165, 1.54) is 64.8 Å². The van der Waals surface area contributed by atoms with E-state index in [-0.39, 0.29) is 59.4 Å². The predicted octanol–water partition coefficient (Wildman–Crippen LogP) is -3.51. The Labute approximate surface area is 702 Å². The second-order valence-corrected chi connectivity index (χ2v) is 30.6. The van der Waals surface area contributed by atoms with Gasteiger partial charge in [-0.2, -0.15) is 0 Å². The van der Waals surface area contributed by atoms with Crippen molar-refractivity contribution in [2.24, 2.45) is 11.8 Å². The third-order valence-electron chi connectivity index (χ3n) is 21.4. The molecule has 0 spiro atoms. The minimum Gasteiger partial charge on any atom is -0.394 e. The number of rotatable bonds is 39. The summed E-state index contributed by atoms with van der Waals surface area (Å²) in [5.41, 5.74) is 1.58. The van der Waals surface area contributed by atoms with Crippen molar-refractivity contribution >= 4 is 86.5 Å². The highest BCUT2D eigenvalue weighted by molar-refractivity contribution is 5.96. The summed E-state index contributed by atoms with van der Waals surface area (Å²) < 4.78 is 21.1. The zero-order chi connectivity index (χ0) is 87.7. The van der Waals surface area contributed by atoms with Gasteiger partial charge < -0.3 is 134 Å². The van der Waals surface area contributed by atoms with Gasteiger partial charge >= 0.3 is 6.03 Å². The quantitative estimate of drug-likeness (QED) is 0.0166. The number of hydrogen-bond acceptors (Lipinski definition) is 35. The zero-order valence-corrected chi connectivity index (χ0v) is 70.9. The van der Waals surface area contributed by atoms with E-state index >= 15 is 0 Å². The topological polar surface area (TPSA) is 581 Å². The van der Waals surface area contributed by atoms with Crippen LogP contribution in [0.3, 0.4) is 0 Å². The Morgan fingerprint density at radius 2 is 0.810 bits per heavy atom. The summed E-state index contributed by atoms with van der Waals surface area (Å²) in [5, 5.41) is 112. The number of hydrogen-bond donors (Lipinski definition) is 21. The maximum atomic E-state index is 13.0. The molecule has 6 aromatic heterocycles. The van der Waals surface area contributed by atoms with Crippen LogP contribution in [-0.2, 0) is 23.8 Å². The van der Waals surface area contributed by atoms with E-state index in [1.807, 2.05) is 0 Å². The molecule has 5 fully saturated rings.